The lowest BCUT2D eigenvalue weighted by Gasteiger charge is -2.38. The summed E-state index contributed by atoms with van der Waals surface area (Å²) < 4.78 is 11.5. The van der Waals surface area contributed by atoms with Gasteiger partial charge in [0.2, 0.25) is 0 Å². The summed E-state index contributed by atoms with van der Waals surface area (Å²) in [6.45, 7) is 3.45. The van der Waals surface area contributed by atoms with Crippen LogP contribution in [0.4, 0.5) is 5.82 Å². The van der Waals surface area contributed by atoms with Gasteiger partial charge in [0.25, 0.3) is 0 Å². The number of nitrogens with zero attached hydrogens (tertiary/aromatic N) is 2. The minimum absolute atomic E-state index is 0.281. The summed E-state index contributed by atoms with van der Waals surface area (Å²) in [5.74, 6) is 0.878. The van der Waals surface area contributed by atoms with Crippen LogP contribution in [0.3, 0.4) is 0 Å². The highest BCUT2D eigenvalue weighted by Crippen LogP contribution is 2.32. The highest BCUT2D eigenvalue weighted by atomic mass is 28.1. The molecular weight excluding hydrogens is 232 g/mol. The maximum Gasteiger partial charge on any atom is 0.171 e. The summed E-state index contributed by atoms with van der Waals surface area (Å²) in [6.07, 6.45) is 3.78. The van der Waals surface area contributed by atoms with Crippen LogP contribution in [-0.2, 0) is 9.47 Å². The summed E-state index contributed by atoms with van der Waals surface area (Å²) in [6, 6.07) is 4.18. The summed E-state index contributed by atoms with van der Waals surface area (Å²) in [5.41, 5.74) is 0. The summed E-state index contributed by atoms with van der Waals surface area (Å²) in [5, 5.41) is 1.37. The monoisotopic (exact) mass is 250 g/mol. The Bertz CT molecular complexity index is 397. The third kappa shape index (κ3) is 2.10. The summed E-state index contributed by atoms with van der Waals surface area (Å²) in [7, 11) is 1.04. The van der Waals surface area contributed by atoms with Crippen molar-refractivity contribution in [2.24, 2.45) is 0 Å². The molecule has 0 N–H and O–H groups in total. The molecule has 2 fully saturated rings. The van der Waals surface area contributed by atoms with Crippen molar-refractivity contribution in [1.29, 1.82) is 0 Å². The molecule has 0 amide bonds. The molecule has 1 spiro atoms. The fraction of sp³-hybridized carbons (Fsp3) is 0.583. The number of piperidine rings is 1. The molecule has 3 rings (SSSR count). The van der Waals surface area contributed by atoms with Gasteiger partial charge in [0.15, 0.2) is 5.79 Å². The van der Waals surface area contributed by atoms with Crippen molar-refractivity contribution in [2.75, 3.05) is 31.2 Å². The topological polar surface area (TPSA) is 34.6 Å². The lowest BCUT2D eigenvalue weighted by atomic mass is 10.0. The third-order valence-corrected chi connectivity index (χ3v) is 4.40. The predicted octanol–water partition coefficient (Wildman–Crippen LogP) is -0.584. The van der Waals surface area contributed by atoms with Crippen molar-refractivity contribution in [3.05, 3.63) is 18.3 Å². The van der Waals surface area contributed by atoms with Gasteiger partial charge in [-0.25, -0.2) is 4.98 Å². The molecular formula is C12H18N2O2Si. The van der Waals surface area contributed by atoms with Crippen molar-refractivity contribution in [1.82, 2.24) is 4.98 Å². The third-order valence-electron chi connectivity index (χ3n) is 3.62. The molecule has 2 saturated heterocycles. The van der Waals surface area contributed by atoms with E-state index >= 15 is 0 Å². The second-order valence-electron chi connectivity index (χ2n) is 4.74. The van der Waals surface area contributed by atoms with Crippen molar-refractivity contribution in [2.45, 2.75) is 18.6 Å². The van der Waals surface area contributed by atoms with E-state index < -0.39 is 0 Å². The smallest absolute Gasteiger partial charge is 0.171 e. The van der Waals surface area contributed by atoms with E-state index in [-0.39, 0.29) is 5.79 Å². The van der Waals surface area contributed by atoms with E-state index in [4.69, 9.17) is 9.47 Å². The zero-order valence-electron chi connectivity index (χ0n) is 10.2. The molecule has 0 aromatic carbocycles. The molecule has 3 heterocycles. The van der Waals surface area contributed by atoms with Gasteiger partial charge in [-0.2, -0.15) is 0 Å². The van der Waals surface area contributed by atoms with Crippen LogP contribution < -0.4 is 10.1 Å². The summed E-state index contributed by atoms with van der Waals surface area (Å²) in [4.78, 5) is 6.86. The van der Waals surface area contributed by atoms with E-state index in [1.165, 1.54) is 5.19 Å². The van der Waals surface area contributed by atoms with Crippen LogP contribution >= 0.6 is 0 Å². The van der Waals surface area contributed by atoms with Gasteiger partial charge in [-0.1, -0.05) is 6.07 Å². The maximum absolute atomic E-state index is 5.74. The Morgan fingerprint density at radius 1 is 1.24 bits per heavy atom. The number of aromatic nitrogens is 1. The second kappa shape index (κ2) is 4.40. The SMILES string of the molecule is [SiH3]c1cccnc1N1CCC2(CC1)OCCO2. The van der Waals surface area contributed by atoms with E-state index in [9.17, 15) is 0 Å². The van der Waals surface area contributed by atoms with Crippen molar-refractivity contribution in [3.63, 3.8) is 0 Å². The van der Waals surface area contributed by atoms with Crippen LogP contribution in [0.1, 0.15) is 12.8 Å². The Kier molecular flexibility index (Phi) is 2.90. The molecule has 17 heavy (non-hydrogen) atoms. The minimum Gasteiger partial charge on any atom is -0.356 e. The lowest BCUT2D eigenvalue weighted by molar-refractivity contribution is -0.169. The molecule has 1 aromatic heterocycles. The number of hydrogen-bond donors (Lipinski definition) is 0. The normalized spacial score (nSPS) is 23.4. The molecule has 0 saturated carbocycles. The van der Waals surface area contributed by atoms with Gasteiger partial charge in [0.05, 0.1) is 13.2 Å². The Morgan fingerprint density at radius 3 is 2.59 bits per heavy atom. The molecule has 0 radical (unpaired) electrons. The molecule has 2 aliphatic rings. The average molecular weight is 250 g/mol. The van der Waals surface area contributed by atoms with E-state index in [1.807, 2.05) is 12.3 Å². The fourth-order valence-corrected chi connectivity index (χ4v) is 3.29. The highest BCUT2D eigenvalue weighted by Gasteiger charge is 2.40. The van der Waals surface area contributed by atoms with Crippen LogP contribution in [0.5, 0.6) is 0 Å². The van der Waals surface area contributed by atoms with Gasteiger partial charge in [0.1, 0.15) is 5.82 Å². The highest BCUT2D eigenvalue weighted by molar-refractivity contribution is 6.35. The Hall–Kier alpha value is -0.913. The molecule has 0 unspecified atom stereocenters. The van der Waals surface area contributed by atoms with Crippen molar-refractivity contribution >= 4 is 21.2 Å². The van der Waals surface area contributed by atoms with Gasteiger partial charge >= 0.3 is 0 Å². The molecule has 92 valence electrons. The molecule has 5 heteroatoms. The standard InChI is InChI=1S/C12H18N2O2Si/c17-10-2-1-5-13-11(10)14-6-3-12(4-7-14)15-8-9-16-12/h1-2,5H,3-4,6-9H2,17H3. The van der Waals surface area contributed by atoms with Gasteiger partial charge in [-0.15, -0.1) is 0 Å². The van der Waals surface area contributed by atoms with Crippen molar-refractivity contribution < 1.29 is 9.47 Å². The quantitative estimate of drug-likeness (QED) is 0.624. The van der Waals surface area contributed by atoms with E-state index in [0.29, 0.717) is 0 Å². The van der Waals surface area contributed by atoms with E-state index in [0.717, 1.165) is 55.2 Å². The number of pyridine rings is 1. The van der Waals surface area contributed by atoms with Gasteiger partial charge < -0.3 is 14.4 Å². The number of anilines is 1. The van der Waals surface area contributed by atoms with Crippen LogP contribution in [0.15, 0.2) is 18.3 Å². The van der Waals surface area contributed by atoms with Crippen molar-refractivity contribution in [3.8, 4) is 0 Å². The molecule has 0 atom stereocenters. The maximum atomic E-state index is 5.74. The van der Waals surface area contributed by atoms with Crippen LogP contribution in [-0.4, -0.2) is 47.3 Å². The number of hydrogen-bond acceptors (Lipinski definition) is 4. The first-order valence-corrected chi connectivity index (χ1v) is 7.24. The number of ether oxygens (including phenoxy) is 2. The summed E-state index contributed by atoms with van der Waals surface area (Å²) >= 11 is 0. The zero-order chi connectivity index (χ0) is 11.7. The molecule has 4 nitrogen and oxygen atoms in total. The molecule has 1 aromatic rings. The first-order valence-electron chi connectivity index (χ1n) is 6.24. The average Bonchev–Trinajstić information content (AvgIpc) is 2.80. The molecule has 0 bridgehead atoms. The van der Waals surface area contributed by atoms with Gasteiger partial charge in [-0.3, -0.25) is 0 Å². The minimum atomic E-state index is -0.281. The Morgan fingerprint density at radius 2 is 1.94 bits per heavy atom. The first-order chi connectivity index (χ1) is 8.29. The Labute approximate surface area is 104 Å². The second-order valence-corrected chi connectivity index (χ2v) is 5.82. The largest absolute Gasteiger partial charge is 0.356 e. The first kappa shape index (κ1) is 11.2. The Balaban J connectivity index is 1.71. The number of rotatable bonds is 1. The van der Waals surface area contributed by atoms with Gasteiger partial charge in [0, 0.05) is 42.4 Å². The lowest BCUT2D eigenvalue weighted by Crippen LogP contribution is -2.46. The van der Waals surface area contributed by atoms with Gasteiger partial charge in [-0.05, 0) is 11.3 Å². The zero-order valence-corrected chi connectivity index (χ0v) is 12.2. The fourth-order valence-electron chi connectivity index (χ4n) is 2.65. The van der Waals surface area contributed by atoms with Crippen LogP contribution in [0.25, 0.3) is 0 Å². The van der Waals surface area contributed by atoms with Crippen LogP contribution in [0.2, 0.25) is 0 Å². The van der Waals surface area contributed by atoms with E-state index in [2.05, 4.69) is 16.0 Å². The molecule has 0 aliphatic carbocycles. The van der Waals surface area contributed by atoms with E-state index in [1.54, 1.807) is 0 Å². The van der Waals surface area contributed by atoms with Crippen LogP contribution in [0, 0.1) is 0 Å². The predicted molar refractivity (Wildman–Crippen MR) is 69.9 cm³/mol. The molecule has 2 aliphatic heterocycles.